The third-order valence-electron chi connectivity index (χ3n) is 4.05. The first-order valence-corrected chi connectivity index (χ1v) is 7.58. The van der Waals surface area contributed by atoms with Crippen LogP contribution in [0.3, 0.4) is 0 Å². The Labute approximate surface area is 109 Å². The van der Waals surface area contributed by atoms with E-state index in [0.717, 1.165) is 12.5 Å². The van der Waals surface area contributed by atoms with Crippen LogP contribution >= 0.6 is 11.3 Å². The smallest absolute Gasteiger partial charge is 0.0415 e. The van der Waals surface area contributed by atoms with Crippen LogP contribution in [0.1, 0.15) is 42.7 Å². The summed E-state index contributed by atoms with van der Waals surface area (Å²) in [6.07, 6.45) is 3.86. The molecule has 0 amide bonds. The first kappa shape index (κ1) is 13.1. The molecule has 3 heteroatoms. The zero-order valence-corrected chi connectivity index (χ0v) is 11.8. The van der Waals surface area contributed by atoms with Gasteiger partial charge in [0, 0.05) is 10.9 Å². The molecule has 1 fully saturated rings. The van der Waals surface area contributed by atoms with E-state index in [4.69, 9.17) is 5.73 Å². The number of rotatable bonds is 4. The SMILES string of the molecule is Cc1ccsc1C(C)N1CCC(CCN)CC1. The second kappa shape index (κ2) is 5.98. The third kappa shape index (κ3) is 3.09. The van der Waals surface area contributed by atoms with E-state index in [2.05, 4.69) is 30.2 Å². The summed E-state index contributed by atoms with van der Waals surface area (Å²) >= 11 is 1.90. The van der Waals surface area contributed by atoms with Crippen molar-refractivity contribution in [3.8, 4) is 0 Å². The van der Waals surface area contributed by atoms with Gasteiger partial charge < -0.3 is 5.73 Å². The van der Waals surface area contributed by atoms with Crippen LogP contribution in [0.15, 0.2) is 11.4 Å². The van der Waals surface area contributed by atoms with Gasteiger partial charge in [0.2, 0.25) is 0 Å². The van der Waals surface area contributed by atoms with Crippen LogP contribution < -0.4 is 5.73 Å². The zero-order chi connectivity index (χ0) is 12.3. The molecule has 2 heterocycles. The van der Waals surface area contributed by atoms with E-state index < -0.39 is 0 Å². The average molecular weight is 252 g/mol. The van der Waals surface area contributed by atoms with Gasteiger partial charge in [-0.2, -0.15) is 0 Å². The second-order valence-electron chi connectivity index (χ2n) is 5.20. The zero-order valence-electron chi connectivity index (χ0n) is 11.0. The van der Waals surface area contributed by atoms with Gasteiger partial charge >= 0.3 is 0 Å². The van der Waals surface area contributed by atoms with Gasteiger partial charge in [-0.25, -0.2) is 0 Å². The molecule has 1 unspecified atom stereocenters. The van der Waals surface area contributed by atoms with Gasteiger partial charge in [0.1, 0.15) is 0 Å². The van der Waals surface area contributed by atoms with Gasteiger partial charge in [0.25, 0.3) is 0 Å². The Balaban J connectivity index is 1.90. The lowest BCUT2D eigenvalue weighted by Gasteiger charge is -2.36. The highest BCUT2D eigenvalue weighted by Crippen LogP contribution is 2.31. The quantitative estimate of drug-likeness (QED) is 0.892. The summed E-state index contributed by atoms with van der Waals surface area (Å²) in [5.41, 5.74) is 7.09. The normalized spacial score (nSPS) is 20.6. The molecule has 1 aliphatic heterocycles. The van der Waals surface area contributed by atoms with Gasteiger partial charge in [-0.1, -0.05) is 0 Å². The van der Waals surface area contributed by atoms with Crippen LogP contribution in [-0.4, -0.2) is 24.5 Å². The number of thiophene rings is 1. The van der Waals surface area contributed by atoms with Crippen LogP contribution in [0, 0.1) is 12.8 Å². The van der Waals surface area contributed by atoms with Crippen molar-refractivity contribution in [1.29, 1.82) is 0 Å². The van der Waals surface area contributed by atoms with Gasteiger partial charge in [-0.3, -0.25) is 4.90 Å². The molecule has 0 radical (unpaired) electrons. The lowest BCUT2D eigenvalue weighted by Crippen LogP contribution is -2.36. The molecule has 0 spiro atoms. The fourth-order valence-corrected chi connectivity index (χ4v) is 3.86. The molecule has 0 aromatic carbocycles. The van der Waals surface area contributed by atoms with Crippen molar-refractivity contribution in [3.05, 3.63) is 21.9 Å². The van der Waals surface area contributed by atoms with Crippen LogP contribution in [0.4, 0.5) is 0 Å². The molecule has 1 aromatic rings. The molecule has 1 atom stereocenters. The van der Waals surface area contributed by atoms with Crippen molar-refractivity contribution >= 4 is 11.3 Å². The molecule has 96 valence electrons. The summed E-state index contributed by atoms with van der Waals surface area (Å²) in [5, 5.41) is 2.21. The molecule has 0 bridgehead atoms. The number of likely N-dealkylation sites (tertiary alicyclic amines) is 1. The van der Waals surface area contributed by atoms with Crippen molar-refractivity contribution in [3.63, 3.8) is 0 Å². The van der Waals surface area contributed by atoms with Crippen molar-refractivity contribution in [2.24, 2.45) is 11.7 Å². The molecule has 2 nitrogen and oxygen atoms in total. The summed E-state index contributed by atoms with van der Waals surface area (Å²) in [5.74, 6) is 0.868. The number of nitrogens with two attached hydrogens (primary N) is 1. The van der Waals surface area contributed by atoms with Crippen molar-refractivity contribution in [2.75, 3.05) is 19.6 Å². The van der Waals surface area contributed by atoms with E-state index in [0.29, 0.717) is 6.04 Å². The van der Waals surface area contributed by atoms with Crippen molar-refractivity contribution < 1.29 is 0 Å². The minimum absolute atomic E-state index is 0.592. The molecule has 0 saturated carbocycles. The van der Waals surface area contributed by atoms with E-state index in [-0.39, 0.29) is 0 Å². The van der Waals surface area contributed by atoms with Gasteiger partial charge in [0.05, 0.1) is 0 Å². The minimum Gasteiger partial charge on any atom is -0.330 e. The average Bonchev–Trinajstić information content (AvgIpc) is 2.76. The largest absolute Gasteiger partial charge is 0.330 e. The van der Waals surface area contributed by atoms with E-state index in [1.807, 2.05) is 11.3 Å². The van der Waals surface area contributed by atoms with Crippen LogP contribution in [0.5, 0.6) is 0 Å². The lowest BCUT2D eigenvalue weighted by molar-refractivity contribution is 0.140. The maximum Gasteiger partial charge on any atom is 0.0415 e. The number of nitrogens with zero attached hydrogens (tertiary/aromatic N) is 1. The number of hydrogen-bond donors (Lipinski definition) is 1. The molecular formula is C14H24N2S. The number of hydrogen-bond acceptors (Lipinski definition) is 3. The second-order valence-corrected chi connectivity index (χ2v) is 6.15. The van der Waals surface area contributed by atoms with E-state index in [9.17, 15) is 0 Å². The Kier molecular flexibility index (Phi) is 4.60. The Hall–Kier alpha value is -0.380. The summed E-state index contributed by atoms with van der Waals surface area (Å²) in [6.45, 7) is 7.90. The van der Waals surface area contributed by atoms with Crippen LogP contribution in [0.2, 0.25) is 0 Å². The fraction of sp³-hybridized carbons (Fsp3) is 0.714. The molecular weight excluding hydrogens is 228 g/mol. The predicted molar refractivity (Wildman–Crippen MR) is 75.4 cm³/mol. The molecule has 17 heavy (non-hydrogen) atoms. The maximum atomic E-state index is 5.64. The number of aryl methyl sites for hydroxylation is 1. The van der Waals surface area contributed by atoms with Crippen LogP contribution in [0.25, 0.3) is 0 Å². The lowest BCUT2D eigenvalue weighted by atomic mass is 9.92. The van der Waals surface area contributed by atoms with Crippen LogP contribution in [-0.2, 0) is 0 Å². The van der Waals surface area contributed by atoms with E-state index in [1.54, 1.807) is 4.88 Å². The molecule has 1 aliphatic rings. The van der Waals surface area contributed by atoms with Crippen molar-refractivity contribution in [2.45, 2.75) is 39.2 Å². The Morgan fingerprint density at radius 1 is 1.47 bits per heavy atom. The standard InChI is InChI=1S/C14H24N2S/c1-11-6-10-17-14(11)12(2)16-8-4-13(3-7-15)5-9-16/h6,10,12-13H,3-5,7-9,15H2,1-2H3. The highest BCUT2D eigenvalue weighted by Gasteiger charge is 2.24. The van der Waals surface area contributed by atoms with Crippen molar-refractivity contribution in [1.82, 2.24) is 4.90 Å². The summed E-state index contributed by atoms with van der Waals surface area (Å²) in [7, 11) is 0. The molecule has 0 aliphatic carbocycles. The molecule has 2 rings (SSSR count). The van der Waals surface area contributed by atoms with Gasteiger partial charge in [0.15, 0.2) is 0 Å². The Morgan fingerprint density at radius 3 is 2.71 bits per heavy atom. The topological polar surface area (TPSA) is 29.3 Å². The van der Waals surface area contributed by atoms with Gasteiger partial charge in [-0.05, 0) is 75.7 Å². The predicted octanol–water partition coefficient (Wildman–Crippen LogP) is 3.18. The molecule has 1 saturated heterocycles. The minimum atomic E-state index is 0.592. The van der Waals surface area contributed by atoms with Gasteiger partial charge in [-0.15, -0.1) is 11.3 Å². The third-order valence-corrected chi connectivity index (χ3v) is 5.24. The maximum absolute atomic E-state index is 5.64. The van der Waals surface area contributed by atoms with E-state index in [1.165, 1.54) is 37.9 Å². The highest BCUT2D eigenvalue weighted by molar-refractivity contribution is 7.10. The summed E-state index contributed by atoms with van der Waals surface area (Å²) in [6, 6.07) is 2.83. The van der Waals surface area contributed by atoms with E-state index >= 15 is 0 Å². The first-order chi connectivity index (χ1) is 8.22. The summed E-state index contributed by atoms with van der Waals surface area (Å²) < 4.78 is 0. The molecule has 1 aromatic heterocycles. The number of piperidine rings is 1. The summed E-state index contributed by atoms with van der Waals surface area (Å²) in [4.78, 5) is 4.17. The first-order valence-electron chi connectivity index (χ1n) is 6.70. The highest BCUT2D eigenvalue weighted by atomic mass is 32.1. The monoisotopic (exact) mass is 252 g/mol. The Morgan fingerprint density at radius 2 is 2.18 bits per heavy atom. The fourth-order valence-electron chi connectivity index (χ4n) is 2.84. The molecule has 2 N–H and O–H groups in total. The Bertz CT molecular complexity index is 340.